The Morgan fingerprint density at radius 2 is 1.95 bits per heavy atom. The van der Waals surface area contributed by atoms with Gasteiger partial charge in [0, 0.05) is 26.2 Å². The van der Waals surface area contributed by atoms with Crippen LogP contribution in [-0.4, -0.2) is 50.8 Å². The summed E-state index contributed by atoms with van der Waals surface area (Å²) in [6.07, 6.45) is 0. The van der Waals surface area contributed by atoms with Crippen molar-refractivity contribution < 1.29 is 4.74 Å². The quantitative estimate of drug-likeness (QED) is 0.755. The first-order chi connectivity index (χ1) is 9.35. The Balaban J connectivity index is 1.96. The second-order valence-corrected chi connectivity index (χ2v) is 4.61. The van der Waals surface area contributed by atoms with Crippen molar-refractivity contribution in [3.63, 3.8) is 0 Å². The van der Waals surface area contributed by atoms with Gasteiger partial charge in [-0.3, -0.25) is 4.90 Å². The Morgan fingerprint density at radius 3 is 2.63 bits per heavy atom. The van der Waals surface area contributed by atoms with Crippen LogP contribution in [0.4, 0.5) is 5.69 Å². The molecule has 0 bridgehead atoms. The van der Waals surface area contributed by atoms with Crippen LogP contribution in [-0.2, 0) is 0 Å². The highest BCUT2D eigenvalue weighted by atomic mass is 16.5. The molecule has 1 saturated heterocycles. The third-order valence-electron chi connectivity index (χ3n) is 3.41. The largest absolute Gasteiger partial charge is 0.492 e. The molecule has 0 aliphatic carbocycles. The molecule has 0 unspecified atom stereocenters. The number of para-hydroxylation sites is 2. The first-order valence-corrected chi connectivity index (χ1v) is 6.87. The smallest absolute Gasteiger partial charge is 0.227 e. The standard InChI is InChI=1S/C15H21N3O/c1-3-19-15-7-5-4-6-14(15)18-12-10-17(11-13-18)9-8-16-2/h4-7H,3,8-13H2,1H3. The first-order valence-electron chi connectivity index (χ1n) is 6.87. The van der Waals surface area contributed by atoms with E-state index in [2.05, 4.69) is 26.8 Å². The van der Waals surface area contributed by atoms with Crippen molar-refractivity contribution >= 4 is 5.69 Å². The van der Waals surface area contributed by atoms with Crippen LogP contribution in [0.15, 0.2) is 24.3 Å². The fraction of sp³-hybridized carbons (Fsp3) is 0.533. The Kier molecular flexibility index (Phi) is 5.05. The SMILES string of the molecule is [C-]#[N+]CCN1CCN(c2ccccc2OCC)CC1. The lowest BCUT2D eigenvalue weighted by molar-refractivity contribution is 0.267. The van der Waals surface area contributed by atoms with Gasteiger partial charge in [0.2, 0.25) is 6.54 Å². The maximum absolute atomic E-state index is 6.84. The lowest BCUT2D eigenvalue weighted by Crippen LogP contribution is -2.47. The normalized spacial score (nSPS) is 16.1. The average Bonchev–Trinajstić information content (AvgIpc) is 2.47. The van der Waals surface area contributed by atoms with Gasteiger partial charge in [0.05, 0.1) is 18.8 Å². The molecule has 4 nitrogen and oxygen atoms in total. The van der Waals surface area contributed by atoms with Crippen LogP contribution in [0.5, 0.6) is 5.75 Å². The van der Waals surface area contributed by atoms with Crippen LogP contribution in [0.25, 0.3) is 4.85 Å². The number of hydrogen-bond acceptors (Lipinski definition) is 3. The monoisotopic (exact) mass is 259 g/mol. The van der Waals surface area contributed by atoms with E-state index >= 15 is 0 Å². The molecular formula is C15H21N3O. The Hall–Kier alpha value is -1.73. The first kappa shape index (κ1) is 13.7. The summed E-state index contributed by atoms with van der Waals surface area (Å²) in [6, 6.07) is 8.23. The molecule has 0 atom stereocenters. The van der Waals surface area contributed by atoms with Crippen molar-refractivity contribution in [3.8, 4) is 5.75 Å². The molecule has 2 rings (SSSR count). The zero-order valence-corrected chi connectivity index (χ0v) is 11.5. The van der Waals surface area contributed by atoms with Crippen LogP contribution >= 0.6 is 0 Å². The molecule has 0 aromatic heterocycles. The summed E-state index contributed by atoms with van der Waals surface area (Å²) in [5.74, 6) is 0.972. The molecule has 0 N–H and O–H groups in total. The van der Waals surface area contributed by atoms with E-state index in [1.54, 1.807) is 0 Å². The number of benzene rings is 1. The minimum absolute atomic E-state index is 0.607. The Morgan fingerprint density at radius 1 is 1.21 bits per heavy atom. The van der Waals surface area contributed by atoms with E-state index in [0.29, 0.717) is 13.2 Å². The number of rotatable bonds is 5. The Labute approximate surface area is 115 Å². The zero-order valence-electron chi connectivity index (χ0n) is 11.5. The highest BCUT2D eigenvalue weighted by Gasteiger charge is 2.19. The summed E-state index contributed by atoms with van der Waals surface area (Å²) in [5.41, 5.74) is 1.19. The minimum Gasteiger partial charge on any atom is -0.492 e. The molecule has 0 amide bonds. The van der Waals surface area contributed by atoms with Crippen molar-refractivity contribution in [1.82, 2.24) is 4.90 Å². The molecule has 102 valence electrons. The van der Waals surface area contributed by atoms with Gasteiger partial charge in [0.15, 0.2) is 0 Å². The second kappa shape index (κ2) is 7.01. The van der Waals surface area contributed by atoms with Crippen LogP contribution in [0.1, 0.15) is 6.92 Å². The maximum Gasteiger partial charge on any atom is 0.227 e. The lowest BCUT2D eigenvalue weighted by atomic mass is 10.2. The minimum atomic E-state index is 0.607. The van der Waals surface area contributed by atoms with E-state index < -0.39 is 0 Å². The van der Waals surface area contributed by atoms with Gasteiger partial charge in [-0.15, -0.1) is 0 Å². The van der Waals surface area contributed by atoms with E-state index in [0.717, 1.165) is 38.5 Å². The van der Waals surface area contributed by atoms with Crippen LogP contribution in [0.3, 0.4) is 0 Å². The van der Waals surface area contributed by atoms with E-state index in [9.17, 15) is 0 Å². The summed E-state index contributed by atoms with van der Waals surface area (Å²) in [4.78, 5) is 8.15. The lowest BCUT2D eigenvalue weighted by Gasteiger charge is -2.35. The fourth-order valence-corrected chi connectivity index (χ4v) is 2.40. The molecule has 1 aromatic rings. The van der Waals surface area contributed by atoms with Crippen molar-refractivity contribution in [1.29, 1.82) is 0 Å². The van der Waals surface area contributed by atoms with Crippen molar-refractivity contribution in [2.75, 3.05) is 50.8 Å². The third kappa shape index (κ3) is 3.62. The van der Waals surface area contributed by atoms with Gasteiger partial charge in [0.1, 0.15) is 5.75 Å². The van der Waals surface area contributed by atoms with Crippen molar-refractivity contribution in [3.05, 3.63) is 35.7 Å². The molecule has 1 fully saturated rings. The molecule has 1 heterocycles. The number of piperazine rings is 1. The van der Waals surface area contributed by atoms with E-state index in [1.807, 2.05) is 19.1 Å². The van der Waals surface area contributed by atoms with Gasteiger partial charge in [0.25, 0.3) is 0 Å². The third-order valence-corrected chi connectivity index (χ3v) is 3.41. The summed E-state index contributed by atoms with van der Waals surface area (Å²) >= 11 is 0. The average molecular weight is 259 g/mol. The molecule has 0 radical (unpaired) electrons. The van der Waals surface area contributed by atoms with Gasteiger partial charge in [-0.2, -0.15) is 0 Å². The van der Waals surface area contributed by atoms with E-state index in [4.69, 9.17) is 11.3 Å². The Bertz CT molecular complexity index is 433. The molecule has 0 spiro atoms. The maximum atomic E-state index is 6.84. The predicted molar refractivity (Wildman–Crippen MR) is 77.7 cm³/mol. The number of ether oxygens (including phenoxy) is 1. The number of nitrogens with zero attached hydrogens (tertiary/aromatic N) is 3. The summed E-state index contributed by atoms with van der Waals surface area (Å²) in [7, 11) is 0. The van der Waals surface area contributed by atoms with E-state index in [-0.39, 0.29) is 0 Å². The molecule has 1 aliphatic heterocycles. The highest BCUT2D eigenvalue weighted by Crippen LogP contribution is 2.28. The molecule has 19 heavy (non-hydrogen) atoms. The van der Waals surface area contributed by atoms with Gasteiger partial charge in [-0.25, -0.2) is 6.57 Å². The second-order valence-electron chi connectivity index (χ2n) is 4.61. The summed E-state index contributed by atoms with van der Waals surface area (Å²) in [6.45, 7) is 15.1. The van der Waals surface area contributed by atoms with Gasteiger partial charge >= 0.3 is 0 Å². The van der Waals surface area contributed by atoms with Crippen LogP contribution in [0.2, 0.25) is 0 Å². The number of hydrogen-bond donors (Lipinski definition) is 0. The molecule has 4 heteroatoms. The van der Waals surface area contributed by atoms with E-state index in [1.165, 1.54) is 5.69 Å². The molecule has 1 aromatic carbocycles. The number of anilines is 1. The zero-order chi connectivity index (χ0) is 13.5. The molecule has 0 saturated carbocycles. The van der Waals surface area contributed by atoms with Crippen molar-refractivity contribution in [2.24, 2.45) is 0 Å². The van der Waals surface area contributed by atoms with Crippen LogP contribution < -0.4 is 9.64 Å². The summed E-state index contributed by atoms with van der Waals surface area (Å²) < 4.78 is 5.69. The van der Waals surface area contributed by atoms with Gasteiger partial charge < -0.3 is 14.5 Å². The van der Waals surface area contributed by atoms with Gasteiger partial charge in [-0.05, 0) is 19.1 Å². The molecule has 1 aliphatic rings. The fourth-order valence-electron chi connectivity index (χ4n) is 2.40. The predicted octanol–water partition coefficient (Wildman–Crippen LogP) is 2.13. The van der Waals surface area contributed by atoms with Crippen molar-refractivity contribution in [2.45, 2.75) is 6.92 Å². The molecular weight excluding hydrogens is 238 g/mol. The van der Waals surface area contributed by atoms with Crippen LogP contribution in [0, 0.1) is 6.57 Å². The topological polar surface area (TPSA) is 20.1 Å². The van der Waals surface area contributed by atoms with Gasteiger partial charge in [-0.1, -0.05) is 12.1 Å². The summed E-state index contributed by atoms with van der Waals surface area (Å²) in [5, 5.41) is 0. The highest BCUT2D eigenvalue weighted by molar-refractivity contribution is 5.58.